The Bertz CT molecular complexity index is 863. The van der Waals surface area contributed by atoms with Crippen LogP contribution in [0.1, 0.15) is 23.9 Å². The maximum Gasteiger partial charge on any atom is 0.161 e. The second-order valence-electron chi connectivity index (χ2n) is 6.16. The molecule has 1 aliphatic heterocycles. The molecule has 4 rings (SSSR count). The van der Waals surface area contributed by atoms with Gasteiger partial charge in [0.15, 0.2) is 5.82 Å². The van der Waals surface area contributed by atoms with Gasteiger partial charge in [-0.15, -0.1) is 0 Å². The van der Waals surface area contributed by atoms with Gasteiger partial charge in [-0.05, 0) is 31.5 Å². The van der Waals surface area contributed by atoms with E-state index < -0.39 is 0 Å². The summed E-state index contributed by atoms with van der Waals surface area (Å²) >= 11 is 0. The SMILES string of the molecule is Cc1cc(N[C@H]2CCO[C@@H]2c2ccnn2C)nc(-c2ccncc2)n1. The molecule has 7 heteroatoms. The number of pyridine rings is 1. The molecule has 128 valence electrons. The first kappa shape index (κ1) is 15.7. The van der Waals surface area contributed by atoms with Gasteiger partial charge >= 0.3 is 0 Å². The van der Waals surface area contributed by atoms with E-state index in [1.165, 1.54) is 0 Å². The molecular weight excluding hydrogens is 316 g/mol. The van der Waals surface area contributed by atoms with E-state index in [4.69, 9.17) is 4.74 Å². The Kier molecular flexibility index (Phi) is 4.15. The van der Waals surface area contributed by atoms with Crippen LogP contribution < -0.4 is 5.32 Å². The first-order valence-electron chi connectivity index (χ1n) is 8.33. The minimum absolute atomic E-state index is 0.0350. The molecule has 2 atom stereocenters. The Morgan fingerprint density at radius 2 is 2.00 bits per heavy atom. The summed E-state index contributed by atoms with van der Waals surface area (Å²) in [5.74, 6) is 1.50. The second kappa shape index (κ2) is 6.60. The van der Waals surface area contributed by atoms with E-state index in [2.05, 4.69) is 25.4 Å². The molecular formula is C18H20N6O. The predicted molar refractivity (Wildman–Crippen MR) is 93.9 cm³/mol. The monoisotopic (exact) mass is 336 g/mol. The number of hydrogen-bond acceptors (Lipinski definition) is 6. The average Bonchev–Trinajstić information content (AvgIpc) is 3.23. The van der Waals surface area contributed by atoms with E-state index in [9.17, 15) is 0 Å². The number of hydrogen-bond donors (Lipinski definition) is 1. The molecule has 0 bridgehead atoms. The smallest absolute Gasteiger partial charge is 0.161 e. The van der Waals surface area contributed by atoms with Gasteiger partial charge < -0.3 is 10.1 Å². The van der Waals surface area contributed by atoms with Gasteiger partial charge in [-0.3, -0.25) is 9.67 Å². The first-order chi connectivity index (χ1) is 12.2. The molecule has 7 nitrogen and oxygen atoms in total. The third-order valence-corrected chi connectivity index (χ3v) is 4.37. The number of rotatable bonds is 4. The van der Waals surface area contributed by atoms with Crippen LogP contribution in [-0.2, 0) is 11.8 Å². The molecule has 3 aromatic heterocycles. The van der Waals surface area contributed by atoms with Gasteiger partial charge in [0.2, 0.25) is 0 Å². The number of aromatic nitrogens is 5. The van der Waals surface area contributed by atoms with Crippen molar-refractivity contribution < 1.29 is 4.74 Å². The van der Waals surface area contributed by atoms with Crippen LogP contribution in [0.3, 0.4) is 0 Å². The Hall–Kier alpha value is -2.80. The number of anilines is 1. The summed E-state index contributed by atoms with van der Waals surface area (Å²) in [4.78, 5) is 13.3. The largest absolute Gasteiger partial charge is 0.370 e. The zero-order valence-corrected chi connectivity index (χ0v) is 14.3. The lowest BCUT2D eigenvalue weighted by Gasteiger charge is -2.21. The van der Waals surface area contributed by atoms with Crippen LogP contribution in [0, 0.1) is 6.92 Å². The number of nitrogens with zero attached hydrogens (tertiary/aromatic N) is 5. The van der Waals surface area contributed by atoms with Gasteiger partial charge in [0.05, 0.1) is 11.7 Å². The summed E-state index contributed by atoms with van der Waals surface area (Å²) in [6.45, 7) is 2.69. The van der Waals surface area contributed by atoms with E-state index >= 15 is 0 Å². The van der Waals surface area contributed by atoms with Crippen LogP contribution in [0.5, 0.6) is 0 Å². The van der Waals surface area contributed by atoms with Crippen LogP contribution in [0.25, 0.3) is 11.4 Å². The lowest BCUT2D eigenvalue weighted by molar-refractivity contribution is 0.101. The molecule has 0 spiro atoms. The molecule has 0 radical (unpaired) electrons. The van der Waals surface area contributed by atoms with Crippen LogP contribution >= 0.6 is 0 Å². The number of nitrogens with one attached hydrogen (secondary N) is 1. The second-order valence-corrected chi connectivity index (χ2v) is 6.16. The Morgan fingerprint density at radius 3 is 2.76 bits per heavy atom. The summed E-state index contributed by atoms with van der Waals surface area (Å²) < 4.78 is 7.79. The molecule has 25 heavy (non-hydrogen) atoms. The Morgan fingerprint density at radius 1 is 1.16 bits per heavy atom. The maximum absolute atomic E-state index is 5.93. The first-order valence-corrected chi connectivity index (χ1v) is 8.33. The van der Waals surface area contributed by atoms with Crippen LogP contribution in [0.2, 0.25) is 0 Å². The van der Waals surface area contributed by atoms with E-state index in [0.717, 1.165) is 35.8 Å². The molecule has 1 fully saturated rings. The summed E-state index contributed by atoms with van der Waals surface area (Å²) in [6, 6.07) is 7.93. The number of aryl methyl sites for hydroxylation is 2. The molecule has 4 heterocycles. The molecule has 1 saturated heterocycles. The van der Waals surface area contributed by atoms with E-state index in [1.807, 2.05) is 42.9 Å². The van der Waals surface area contributed by atoms with Crippen LogP contribution in [0.4, 0.5) is 5.82 Å². The highest BCUT2D eigenvalue weighted by Gasteiger charge is 2.32. The highest BCUT2D eigenvalue weighted by Crippen LogP contribution is 2.31. The van der Waals surface area contributed by atoms with E-state index in [1.54, 1.807) is 18.6 Å². The molecule has 0 unspecified atom stereocenters. The summed E-state index contributed by atoms with van der Waals surface area (Å²) in [5, 5.41) is 7.77. The minimum atomic E-state index is -0.0350. The lowest BCUT2D eigenvalue weighted by Crippen LogP contribution is -2.25. The van der Waals surface area contributed by atoms with Crippen LogP contribution in [0.15, 0.2) is 42.9 Å². The van der Waals surface area contributed by atoms with Crippen molar-refractivity contribution in [2.24, 2.45) is 7.05 Å². The van der Waals surface area contributed by atoms with Crippen molar-refractivity contribution in [3.63, 3.8) is 0 Å². The molecule has 1 aliphatic rings. The third-order valence-electron chi connectivity index (χ3n) is 4.37. The minimum Gasteiger partial charge on any atom is -0.370 e. The van der Waals surface area contributed by atoms with Gasteiger partial charge in [0.1, 0.15) is 11.9 Å². The fraction of sp³-hybridized carbons (Fsp3) is 0.333. The maximum atomic E-state index is 5.93. The molecule has 3 aromatic rings. The van der Waals surface area contributed by atoms with E-state index in [0.29, 0.717) is 5.82 Å². The summed E-state index contributed by atoms with van der Waals surface area (Å²) in [7, 11) is 1.93. The van der Waals surface area contributed by atoms with Crippen LogP contribution in [-0.4, -0.2) is 37.4 Å². The molecule has 0 aromatic carbocycles. The average molecular weight is 336 g/mol. The van der Waals surface area contributed by atoms with Crippen molar-refractivity contribution in [1.29, 1.82) is 0 Å². The zero-order chi connectivity index (χ0) is 17.2. The summed E-state index contributed by atoms with van der Waals surface area (Å²) in [6.07, 6.45) is 6.18. The van der Waals surface area contributed by atoms with Crippen molar-refractivity contribution in [2.45, 2.75) is 25.5 Å². The Labute approximate surface area is 146 Å². The van der Waals surface area contributed by atoms with Gasteiger partial charge in [0, 0.05) is 49.6 Å². The highest BCUT2D eigenvalue weighted by molar-refractivity contribution is 5.56. The third kappa shape index (κ3) is 3.23. The van der Waals surface area contributed by atoms with E-state index in [-0.39, 0.29) is 12.1 Å². The molecule has 1 N–H and O–H groups in total. The fourth-order valence-electron chi connectivity index (χ4n) is 3.15. The topological polar surface area (TPSA) is 77.8 Å². The zero-order valence-electron chi connectivity index (χ0n) is 14.3. The van der Waals surface area contributed by atoms with Gasteiger partial charge in [-0.1, -0.05) is 0 Å². The van der Waals surface area contributed by atoms with Crippen molar-refractivity contribution >= 4 is 5.82 Å². The van der Waals surface area contributed by atoms with Crippen molar-refractivity contribution in [3.8, 4) is 11.4 Å². The van der Waals surface area contributed by atoms with Gasteiger partial charge in [-0.2, -0.15) is 5.10 Å². The highest BCUT2D eigenvalue weighted by atomic mass is 16.5. The number of ether oxygens (including phenoxy) is 1. The van der Waals surface area contributed by atoms with Gasteiger partial charge in [-0.25, -0.2) is 9.97 Å². The van der Waals surface area contributed by atoms with Crippen molar-refractivity contribution in [2.75, 3.05) is 11.9 Å². The summed E-state index contributed by atoms with van der Waals surface area (Å²) in [5.41, 5.74) is 2.93. The lowest BCUT2D eigenvalue weighted by atomic mass is 10.1. The van der Waals surface area contributed by atoms with Crippen molar-refractivity contribution in [3.05, 3.63) is 54.2 Å². The Balaban J connectivity index is 1.60. The standard InChI is InChI=1S/C18H20N6O/c1-12-11-16(23-18(21-12)13-3-7-19-8-4-13)22-14-6-10-25-17(14)15-5-9-20-24(15)2/h3-5,7-9,11,14,17H,6,10H2,1-2H3,(H,21,22,23)/t14-,17-/m0/s1. The quantitative estimate of drug-likeness (QED) is 0.789. The predicted octanol–water partition coefficient (Wildman–Crippen LogP) is 2.52. The van der Waals surface area contributed by atoms with Crippen molar-refractivity contribution in [1.82, 2.24) is 24.7 Å². The molecule has 0 aliphatic carbocycles. The van der Waals surface area contributed by atoms with Gasteiger partial charge in [0.25, 0.3) is 0 Å². The molecule has 0 saturated carbocycles. The molecule has 0 amide bonds. The fourth-order valence-corrected chi connectivity index (χ4v) is 3.15. The normalized spacial score (nSPS) is 19.9.